The first kappa shape index (κ1) is 24.7. The van der Waals surface area contributed by atoms with Gasteiger partial charge in [-0.15, -0.1) is 0 Å². The van der Waals surface area contributed by atoms with Crippen LogP contribution in [0.5, 0.6) is 0 Å². The van der Waals surface area contributed by atoms with E-state index < -0.39 is 0 Å². The maximum absolute atomic E-state index is 3.56. The normalized spacial score (nSPS) is 18.9. The molecule has 27 heavy (non-hydrogen) atoms. The van der Waals surface area contributed by atoms with Crippen molar-refractivity contribution >= 4 is 0 Å². The Morgan fingerprint density at radius 3 is 1.85 bits per heavy atom. The molecule has 0 saturated carbocycles. The van der Waals surface area contributed by atoms with Gasteiger partial charge in [-0.3, -0.25) is 0 Å². The fraction of sp³-hybridized carbons (Fsp3) is 0.923. The molecule has 0 aromatic rings. The van der Waals surface area contributed by atoms with Gasteiger partial charge < -0.3 is 5.32 Å². The van der Waals surface area contributed by atoms with Crippen LogP contribution in [0.1, 0.15) is 130 Å². The molecule has 1 nitrogen and oxygen atoms in total. The molecule has 0 spiro atoms. The van der Waals surface area contributed by atoms with Crippen LogP contribution in [0, 0.1) is 11.8 Å². The van der Waals surface area contributed by atoms with Crippen molar-refractivity contribution < 1.29 is 0 Å². The van der Waals surface area contributed by atoms with E-state index in [1.165, 1.54) is 122 Å². The molecule has 0 radical (unpaired) electrons. The maximum Gasteiger partial charge on any atom is -0.00143 e. The summed E-state index contributed by atoms with van der Waals surface area (Å²) in [6.45, 7) is 9.52. The lowest BCUT2D eigenvalue weighted by molar-refractivity contribution is 0.380. The van der Waals surface area contributed by atoms with Gasteiger partial charge in [0.15, 0.2) is 0 Å². The van der Waals surface area contributed by atoms with Crippen molar-refractivity contribution in [1.82, 2.24) is 5.32 Å². The van der Waals surface area contributed by atoms with Crippen LogP contribution < -0.4 is 5.32 Å². The van der Waals surface area contributed by atoms with Crippen LogP contribution in [0.4, 0.5) is 0 Å². The van der Waals surface area contributed by atoms with Crippen molar-refractivity contribution in [3.05, 3.63) is 11.6 Å². The zero-order valence-corrected chi connectivity index (χ0v) is 19.2. The Morgan fingerprint density at radius 2 is 1.37 bits per heavy atom. The summed E-state index contributed by atoms with van der Waals surface area (Å²) < 4.78 is 0. The van der Waals surface area contributed by atoms with Gasteiger partial charge in [0.2, 0.25) is 0 Å². The molecule has 1 saturated heterocycles. The molecular formula is C26H51N. The van der Waals surface area contributed by atoms with E-state index in [9.17, 15) is 0 Å². The van der Waals surface area contributed by atoms with E-state index in [2.05, 4.69) is 32.2 Å². The lowest BCUT2D eigenvalue weighted by Crippen LogP contribution is -2.19. The topological polar surface area (TPSA) is 12.0 Å². The summed E-state index contributed by atoms with van der Waals surface area (Å²) in [5.74, 6) is 1.74. The van der Waals surface area contributed by atoms with E-state index in [4.69, 9.17) is 0 Å². The fourth-order valence-electron chi connectivity index (χ4n) is 4.81. The lowest BCUT2D eigenvalue weighted by Gasteiger charge is -2.23. The molecule has 0 aromatic carbocycles. The Balaban J connectivity index is 1.95. The summed E-state index contributed by atoms with van der Waals surface area (Å²) in [5, 5.41) is 3.56. The Morgan fingerprint density at radius 1 is 0.815 bits per heavy atom. The number of rotatable bonds is 18. The Labute approximate surface area is 172 Å². The zero-order valence-electron chi connectivity index (χ0n) is 19.2. The average Bonchev–Trinajstić information content (AvgIpc) is 3.20. The van der Waals surface area contributed by atoms with E-state index in [1.54, 1.807) is 5.57 Å². The standard InChI is InChI=1S/C26H51N/c1-4-6-7-8-9-10-11-12-13-14-15-16-17-18-20-24(3)26(19-5-2)25-21-22-27-23-25/h20,25-27H,4-19,21-23H2,1-3H3. The third-order valence-electron chi connectivity index (χ3n) is 6.63. The first-order valence-corrected chi connectivity index (χ1v) is 12.7. The van der Waals surface area contributed by atoms with Crippen LogP contribution in [0.25, 0.3) is 0 Å². The molecule has 1 rings (SSSR count). The first-order valence-electron chi connectivity index (χ1n) is 12.7. The molecule has 2 unspecified atom stereocenters. The highest BCUT2D eigenvalue weighted by Crippen LogP contribution is 2.30. The molecule has 1 heteroatoms. The highest BCUT2D eigenvalue weighted by Gasteiger charge is 2.24. The summed E-state index contributed by atoms with van der Waals surface area (Å²) in [5.41, 5.74) is 1.68. The Hall–Kier alpha value is -0.300. The molecule has 0 amide bonds. The van der Waals surface area contributed by atoms with Crippen molar-refractivity contribution in [1.29, 1.82) is 0 Å². The second-order valence-electron chi connectivity index (χ2n) is 9.13. The van der Waals surface area contributed by atoms with Gasteiger partial charge in [-0.05, 0) is 57.5 Å². The van der Waals surface area contributed by atoms with Gasteiger partial charge >= 0.3 is 0 Å². The highest BCUT2D eigenvalue weighted by molar-refractivity contribution is 5.06. The van der Waals surface area contributed by atoms with Crippen LogP contribution in [0.3, 0.4) is 0 Å². The summed E-state index contributed by atoms with van der Waals surface area (Å²) in [6.07, 6.45) is 26.8. The lowest BCUT2D eigenvalue weighted by atomic mass is 9.82. The molecule has 1 aliphatic heterocycles. The van der Waals surface area contributed by atoms with Gasteiger partial charge in [0.05, 0.1) is 0 Å². The summed E-state index contributed by atoms with van der Waals surface area (Å²) in [6, 6.07) is 0. The van der Waals surface area contributed by atoms with Gasteiger partial charge in [-0.25, -0.2) is 0 Å². The van der Waals surface area contributed by atoms with Gasteiger partial charge in [0.25, 0.3) is 0 Å². The largest absolute Gasteiger partial charge is 0.316 e. The van der Waals surface area contributed by atoms with Gasteiger partial charge in [0, 0.05) is 0 Å². The van der Waals surface area contributed by atoms with Crippen LogP contribution >= 0.6 is 0 Å². The van der Waals surface area contributed by atoms with E-state index in [0.29, 0.717) is 0 Å². The second kappa shape index (κ2) is 17.8. The predicted octanol–water partition coefficient (Wildman–Crippen LogP) is 8.44. The van der Waals surface area contributed by atoms with Crippen LogP contribution in [0.2, 0.25) is 0 Å². The predicted molar refractivity (Wildman–Crippen MR) is 123 cm³/mol. The molecule has 1 N–H and O–H groups in total. The highest BCUT2D eigenvalue weighted by atomic mass is 14.9. The van der Waals surface area contributed by atoms with E-state index in [-0.39, 0.29) is 0 Å². The number of hydrogen-bond acceptors (Lipinski definition) is 1. The number of allylic oxidation sites excluding steroid dienone is 2. The minimum atomic E-state index is 0.840. The van der Waals surface area contributed by atoms with Gasteiger partial charge in [-0.2, -0.15) is 0 Å². The SMILES string of the molecule is CCCCCCCCCCCCCCCC=C(C)C(CCC)C1CCNC1. The van der Waals surface area contributed by atoms with Gasteiger partial charge in [-0.1, -0.05) is 109 Å². The molecule has 1 fully saturated rings. The molecule has 1 heterocycles. The molecule has 0 aliphatic carbocycles. The first-order chi connectivity index (χ1) is 13.3. The van der Waals surface area contributed by atoms with E-state index >= 15 is 0 Å². The fourth-order valence-corrected chi connectivity index (χ4v) is 4.81. The molecule has 0 bridgehead atoms. The number of hydrogen-bond donors (Lipinski definition) is 1. The summed E-state index contributed by atoms with van der Waals surface area (Å²) >= 11 is 0. The van der Waals surface area contributed by atoms with Crippen molar-refractivity contribution in [3.63, 3.8) is 0 Å². The molecule has 2 atom stereocenters. The monoisotopic (exact) mass is 377 g/mol. The van der Waals surface area contributed by atoms with E-state index in [1.807, 2.05) is 0 Å². The third-order valence-corrected chi connectivity index (χ3v) is 6.63. The third kappa shape index (κ3) is 12.7. The zero-order chi connectivity index (χ0) is 19.6. The van der Waals surface area contributed by atoms with Crippen LogP contribution in [-0.2, 0) is 0 Å². The summed E-state index contributed by atoms with van der Waals surface area (Å²) in [4.78, 5) is 0. The molecule has 1 aliphatic rings. The van der Waals surface area contributed by atoms with E-state index in [0.717, 1.165) is 11.8 Å². The summed E-state index contributed by atoms with van der Waals surface area (Å²) in [7, 11) is 0. The second-order valence-corrected chi connectivity index (χ2v) is 9.13. The number of nitrogens with one attached hydrogen (secondary N) is 1. The maximum atomic E-state index is 3.56. The quantitative estimate of drug-likeness (QED) is 0.187. The Bertz CT molecular complexity index is 340. The molecular weight excluding hydrogens is 326 g/mol. The minimum absolute atomic E-state index is 0.840. The van der Waals surface area contributed by atoms with Crippen molar-refractivity contribution in [2.45, 2.75) is 130 Å². The van der Waals surface area contributed by atoms with Crippen molar-refractivity contribution in [3.8, 4) is 0 Å². The molecule has 160 valence electrons. The smallest absolute Gasteiger partial charge is 0.00143 e. The van der Waals surface area contributed by atoms with Crippen molar-refractivity contribution in [2.24, 2.45) is 11.8 Å². The Kier molecular flexibility index (Phi) is 16.3. The van der Waals surface area contributed by atoms with Gasteiger partial charge in [0.1, 0.15) is 0 Å². The molecule has 0 aromatic heterocycles. The van der Waals surface area contributed by atoms with Crippen molar-refractivity contribution in [2.75, 3.05) is 13.1 Å². The van der Waals surface area contributed by atoms with Crippen LogP contribution in [-0.4, -0.2) is 13.1 Å². The minimum Gasteiger partial charge on any atom is -0.316 e. The van der Waals surface area contributed by atoms with Crippen LogP contribution in [0.15, 0.2) is 11.6 Å². The average molecular weight is 378 g/mol. The number of unbranched alkanes of at least 4 members (excludes halogenated alkanes) is 13.